The fourth-order valence-corrected chi connectivity index (χ4v) is 12.1. The molecule has 0 atom stereocenters. The Morgan fingerprint density at radius 1 is 0.286 bits per heavy atom. The Labute approximate surface area is 408 Å². The number of nitrogens with zero attached hydrogens (tertiary/aromatic N) is 1. The Morgan fingerprint density at radius 3 is 1.34 bits per heavy atom. The quantitative estimate of drug-likeness (QED) is 0.150. The van der Waals surface area contributed by atoms with Crippen LogP contribution in [0, 0.1) is 13.8 Å². The zero-order valence-electron chi connectivity index (χ0n) is 39.8. The van der Waals surface area contributed by atoms with Gasteiger partial charge < -0.3 is 4.90 Å². The minimum atomic E-state index is -0.220. The van der Waals surface area contributed by atoms with Crippen LogP contribution in [0.15, 0.2) is 224 Å². The number of rotatable bonds is 6. The fraction of sp³-hybridized carbons (Fsp3) is 0.0725. The molecule has 14 rings (SSSR count). The van der Waals surface area contributed by atoms with Crippen LogP contribution in [0.25, 0.3) is 109 Å². The highest BCUT2D eigenvalue weighted by Gasteiger charge is 2.36. The van der Waals surface area contributed by atoms with Gasteiger partial charge in [0.2, 0.25) is 0 Å². The second-order valence-corrected chi connectivity index (χ2v) is 20.2. The molecule has 13 aromatic carbocycles. The van der Waals surface area contributed by atoms with Crippen LogP contribution in [0.3, 0.4) is 0 Å². The Bertz CT molecular complexity index is 4210. The largest absolute Gasteiger partial charge is 0.310 e. The molecule has 330 valence electrons. The minimum absolute atomic E-state index is 0.220. The highest BCUT2D eigenvalue weighted by molar-refractivity contribution is 6.28. The van der Waals surface area contributed by atoms with Gasteiger partial charge >= 0.3 is 0 Å². The van der Waals surface area contributed by atoms with Crippen molar-refractivity contribution in [3.8, 4) is 44.5 Å². The van der Waals surface area contributed by atoms with Crippen molar-refractivity contribution in [1.82, 2.24) is 0 Å². The zero-order valence-corrected chi connectivity index (χ0v) is 39.8. The molecule has 0 bridgehead atoms. The summed E-state index contributed by atoms with van der Waals surface area (Å²) in [6, 6.07) is 84.7. The van der Waals surface area contributed by atoms with E-state index in [2.05, 4.69) is 257 Å². The van der Waals surface area contributed by atoms with Gasteiger partial charge in [-0.1, -0.05) is 189 Å². The summed E-state index contributed by atoms with van der Waals surface area (Å²) in [6.07, 6.45) is 0. The van der Waals surface area contributed by atoms with Gasteiger partial charge in [-0.2, -0.15) is 0 Å². The van der Waals surface area contributed by atoms with E-state index in [1.807, 2.05) is 0 Å². The lowest BCUT2D eigenvalue weighted by Gasteiger charge is -2.27. The fourth-order valence-electron chi connectivity index (χ4n) is 12.1. The van der Waals surface area contributed by atoms with Crippen LogP contribution < -0.4 is 4.90 Å². The summed E-state index contributed by atoms with van der Waals surface area (Å²) in [4.78, 5) is 2.43. The van der Waals surface area contributed by atoms with E-state index in [9.17, 15) is 0 Å². The van der Waals surface area contributed by atoms with Gasteiger partial charge in [0.05, 0.1) is 0 Å². The van der Waals surface area contributed by atoms with Gasteiger partial charge in [-0.15, -0.1) is 0 Å². The van der Waals surface area contributed by atoms with Crippen molar-refractivity contribution in [2.24, 2.45) is 0 Å². The smallest absolute Gasteiger partial charge is 0.0473 e. The monoisotopic (exact) mass is 891 g/mol. The zero-order chi connectivity index (χ0) is 46.8. The average molecular weight is 892 g/mol. The van der Waals surface area contributed by atoms with Crippen molar-refractivity contribution in [3.05, 3.63) is 247 Å². The van der Waals surface area contributed by atoms with Gasteiger partial charge in [-0.05, 0) is 195 Å². The first-order valence-electron chi connectivity index (χ1n) is 24.6. The van der Waals surface area contributed by atoms with Crippen molar-refractivity contribution in [3.63, 3.8) is 0 Å². The maximum Gasteiger partial charge on any atom is 0.0473 e. The van der Waals surface area contributed by atoms with E-state index in [0.717, 1.165) is 17.1 Å². The summed E-state index contributed by atoms with van der Waals surface area (Å²) in [5.41, 5.74) is 18.3. The molecule has 0 radical (unpaired) electrons. The number of anilines is 3. The predicted molar refractivity (Wildman–Crippen MR) is 301 cm³/mol. The van der Waals surface area contributed by atoms with Crippen LogP contribution in [0.1, 0.15) is 36.1 Å². The maximum atomic E-state index is 2.51. The molecule has 13 aromatic rings. The Hall–Kier alpha value is -8.52. The van der Waals surface area contributed by atoms with Crippen molar-refractivity contribution < 1.29 is 0 Å². The molecule has 0 spiro atoms. The van der Waals surface area contributed by atoms with Crippen molar-refractivity contribution in [1.29, 1.82) is 0 Å². The van der Waals surface area contributed by atoms with Gasteiger partial charge in [0.15, 0.2) is 0 Å². The van der Waals surface area contributed by atoms with Crippen LogP contribution in [-0.2, 0) is 5.41 Å². The third-order valence-electron chi connectivity index (χ3n) is 15.7. The summed E-state index contributed by atoms with van der Waals surface area (Å²) in [5, 5.41) is 15.6. The molecule has 0 unspecified atom stereocenters. The standard InChI is InChI=1S/C69H49N/c1-42-18-27-50(28-19-42)70(51-29-20-43(2)21-30-51)52-37-48(36-49(38-52)54-32-23-46-24-34-60-53(44-12-6-5-7-13-44)31-22-45-25-35-61(54)68(46)67(45)60)47-26-33-59-64-40-62-57-16-10-8-14-55(57)56-15-9-11-17-58(56)63(62)41-66(64)69(3,4)65(59)39-47/h5-41H,1-4H3. The minimum Gasteiger partial charge on any atom is -0.310 e. The topological polar surface area (TPSA) is 3.24 Å². The molecule has 0 aromatic heterocycles. The lowest BCUT2D eigenvalue weighted by molar-refractivity contribution is 0.661. The molecule has 1 nitrogen and oxygen atoms in total. The van der Waals surface area contributed by atoms with E-state index >= 15 is 0 Å². The van der Waals surface area contributed by atoms with E-state index < -0.39 is 0 Å². The molecular weight excluding hydrogens is 843 g/mol. The van der Waals surface area contributed by atoms with Crippen molar-refractivity contribution in [2.75, 3.05) is 4.90 Å². The van der Waals surface area contributed by atoms with E-state index in [0.29, 0.717) is 0 Å². The van der Waals surface area contributed by atoms with E-state index in [1.165, 1.54) is 131 Å². The van der Waals surface area contributed by atoms with Gasteiger partial charge in [0.25, 0.3) is 0 Å². The summed E-state index contributed by atoms with van der Waals surface area (Å²) in [5.74, 6) is 0. The lowest BCUT2D eigenvalue weighted by atomic mass is 9.80. The van der Waals surface area contributed by atoms with Crippen LogP contribution >= 0.6 is 0 Å². The lowest BCUT2D eigenvalue weighted by Crippen LogP contribution is -2.15. The Morgan fingerprint density at radius 2 is 0.757 bits per heavy atom. The molecule has 0 saturated heterocycles. The number of hydrogen-bond acceptors (Lipinski definition) is 1. The summed E-state index contributed by atoms with van der Waals surface area (Å²) >= 11 is 0. The molecule has 0 fully saturated rings. The second kappa shape index (κ2) is 15.2. The molecular formula is C69H49N. The van der Waals surface area contributed by atoms with Crippen LogP contribution in [0.4, 0.5) is 17.1 Å². The molecule has 1 aliphatic carbocycles. The normalized spacial score (nSPS) is 13.0. The molecule has 0 N–H and O–H groups in total. The van der Waals surface area contributed by atoms with Gasteiger partial charge in [0, 0.05) is 22.5 Å². The van der Waals surface area contributed by atoms with Crippen molar-refractivity contribution in [2.45, 2.75) is 33.1 Å². The van der Waals surface area contributed by atoms with Gasteiger partial charge in [-0.25, -0.2) is 0 Å². The highest BCUT2D eigenvalue weighted by atomic mass is 15.1. The average Bonchev–Trinajstić information content (AvgIpc) is 3.62. The number of benzene rings is 13. The predicted octanol–water partition coefficient (Wildman–Crippen LogP) is 19.4. The second-order valence-electron chi connectivity index (χ2n) is 20.2. The summed E-state index contributed by atoms with van der Waals surface area (Å²) < 4.78 is 0. The Kier molecular flexibility index (Phi) is 8.83. The molecule has 1 heteroatoms. The SMILES string of the molecule is Cc1ccc(N(c2ccc(C)cc2)c2cc(-c3ccc4c(c3)C(C)(C)c3cc5c6ccccc6c6ccccc6c5cc3-4)cc(-c3ccc4ccc5c(-c6ccccc6)ccc6ccc3c4c65)c2)cc1. The number of fused-ring (bicyclic) bond motifs is 9. The first-order chi connectivity index (χ1) is 34.3. The molecule has 0 saturated carbocycles. The van der Waals surface area contributed by atoms with E-state index in [1.54, 1.807) is 0 Å². The van der Waals surface area contributed by atoms with Gasteiger partial charge in [0.1, 0.15) is 0 Å². The molecule has 1 aliphatic rings. The van der Waals surface area contributed by atoms with Crippen LogP contribution in [0.5, 0.6) is 0 Å². The van der Waals surface area contributed by atoms with Crippen LogP contribution in [-0.4, -0.2) is 0 Å². The molecule has 70 heavy (non-hydrogen) atoms. The molecule has 0 heterocycles. The first kappa shape index (κ1) is 40.5. The van der Waals surface area contributed by atoms with Crippen LogP contribution in [0.2, 0.25) is 0 Å². The highest BCUT2D eigenvalue weighted by Crippen LogP contribution is 2.53. The molecule has 0 aliphatic heterocycles. The van der Waals surface area contributed by atoms with E-state index in [4.69, 9.17) is 0 Å². The summed E-state index contributed by atoms with van der Waals surface area (Å²) in [7, 11) is 0. The first-order valence-corrected chi connectivity index (χ1v) is 24.6. The maximum absolute atomic E-state index is 2.51. The van der Waals surface area contributed by atoms with Crippen molar-refractivity contribution >= 4 is 81.7 Å². The molecule has 0 amide bonds. The van der Waals surface area contributed by atoms with Gasteiger partial charge in [-0.3, -0.25) is 0 Å². The third kappa shape index (κ3) is 6.11. The van der Waals surface area contributed by atoms with E-state index in [-0.39, 0.29) is 5.41 Å². The third-order valence-corrected chi connectivity index (χ3v) is 15.7. The summed E-state index contributed by atoms with van der Waals surface area (Å²) in [6.45, 7) is 9.16. The number of hydrogen-bond donors (Lipinski definition) is 0. The Balaban J connectivity index is 0.997. The number of aryl methyl sites for hydroxylation is 2.